The molecule has 1 aliphatic heterocycles. The number of likely N-dealkylation sites (tertiary alicyclic amines) is 1. The van der Waals surface area contributed by atoms with Crippen molar-refractivity contribution in [2.75, 3.05) is 25.4 Å². The van der Waals surface area contributed by atoms with Crippen LogP contribution in [0.1, 0.15) is 27.2 Å². The SMILES string of the molecule is C[C@@H]1C[C@H](C)CN(C(=O)[C@H](C)S(=O)(=O)CCO)C1. The zero-order valence-corrected chi connectivity index (χ0v) is 12.1. The van der Waals surface area contributed by atoms with Crippen molar-refractivity contribution < 1.29 is 18.3 Å². The number of hydrogen-bond acceptors (Lipinski definition) is 4. The van der Waals surface area contributed by atoms with E-state index in [1.54, 1.807) is 4.90 Å². The third-order valence-electron chi connectivity index (χ3n) is 3.44. The van der Waals surface area contributed by atoms with E-state index in [1.165, 1.54) is 6.92 Å². The van der Waals surface area contributed by atoms with Crippen molar-refractivity contribution in [3.63, 3.8) is 0 Å². The first-order valence-corrected chi connectivity index (χ1v) is 8.10. The maximum Gasteiger partial charge on any atom is 0.240 e. The van der Waals surface area contributed by atoms with Gasteiger partial charge in [0.1, 0.15) is 5.25 Å². The molecular formula is C12H23NO4S. The summed E-state index contributed by atoms with van der Waals surface area (Å²) in [7, 11) is -3.54. The Hall–Kier alpha value is -0.620. The molecule has 0 saturated carbocycles. The molecule has 1 aliphatic rings. The molecule has 1 heterocycles. The third-order valence-corrected chi connectivity index (χ3v) is 5.47. The molecule has 0 radical (unpaired) electrons. The maximum atomic E-state index is 12.2. The number of amides is 1. The second kappa shape index (κ2) is 6.02. The molecule has 18 heavy (non-hydrogen) atoms. The zero-order valence-electron chi connectivity index (χ0n) is 11.3. The summed E-state index contributed by atoms with van der Waals surface area (Å²) in [6.45, 7) is 6.38. The van der Waals surface area contributed by atoms with Gasteiger partial charge in [-0.05, 0) is 25.2 Å². The molecule has 0 unspecified atom stereocenters. The lowest BCUT2D eigenvalue weighted by atomic mass is 9.92. The number of carbonyl (C=O) groups is 1. The van der Waals surface area contributed by atoms with Gasteiger partial charge < -0.3 is 10.0 Å². The normalized spacial score (nSPS) is 27.0. The number of hydrogen-bond donors (Lipinski definition) is 1. The summed E-state index contributed by atoms with van der Waals surface area (Å²) < 4.78 is 23.5. The predicted molar refractivity (Wildman–Crippen MR) is 69.9 cm³/mol. The quantitative estimate of drug-likeness (QED) is 0.801. The first kappa shape index (κ1) is 15.4. The van der Waals surface area contributed by atoms with Crippen molar-refractivity contribution in [1.82, 2.24) is 4.90 Å². The van der Waals surface area contributed by atoms with Crippen LogP contribution in [0.4, 0.5) is 0 Å². The fourth-order valence-electron chi connectivity index (χ4n) is 2.56. The van der Waals surface area contributed by atoms with Gasteiger partial charge in [-0.15, -0.1) is 0 Å². The Morgan fingerprint density at radius 1 is 1.33 bits per heavy atom. The maximum absolute atomic E-state index is 12.2. The van der Waals surface area contributed by atoms with Gasteiger partial charge in [-0.3, -0.25) is 4.79 Å². The van der Waals surface area contributed by atoms with Gasteiger partial charge in [0.25, 0.3) is 0 Å². The molecule has 6 heteroatoms. The van der Waals surface area contributed by atoms with E-state index in [4.69, 9.17) is 5.11 Å². The predicted octanol–water partition coefficient (Wildman–Crippen LogP) is 0.287. The number of nitrogens with zero attached hydrogens (tertiary/aromatic N) is 1. The molecule has 0 aliphatic carbocycles. The van der Waals surface area contributed by atoms with E-state index in [0.717, 1.165) is 6.42 Å². The highest BCUT2D eigenvalue weighted by atomic mass is 32.2. The molecule has 0 spiro atoms. The van der Waals surface area contributed by atoms with Gasteiger partial charge in [0.2, 0.25) is 5.91 Å². The molecular weight excluding hydrogens is 254 g/mol. The number of aliphatic hydroxyl groups is 1. The average Bonchev–Trinajstić information content (AvgIpc) is 2.25. The van der Waals surface area contributed by atoms with E-state index in [2.05, 4.69) is 13.8 Å². The van der Waals surface area contributed by atoms with Gasteiger partial charge in [0.15, 0.2) is 9.84 Å². The number of sulfone groups is 1. The Labute approximate surface area is 109 Å². The second-order valence-electron chi connectivity index (χ2n) is 5.42. The fourth-order valence-corrected chi connectivity index (χ4v) is 3.62. The van der Waals surface area contributed by atoms with Crippen LogP contribution in [-0.2, 0) is 14.6 Å². The molecule has 1 rings (SSSR count). The minimum absolute atomic E-state index is 0.332. The summed E-state index contributed by atoms with van der Waals surface area (Å²) in [6.07, 6.45) is 1.07. The molecule has 106 valence electrons. The number of aliphatic hydroxyl groups excluding tert-OH is 1. The lowest BCUT2D eigenvalue weighted by Crippen LogP contribution is -2.48. The molecule has 0 bridgehead atoms. The summed E-state index contributed by atoms with van der Waals surface area (Å²) in [5.41, 5.74) is 0. The van der Waals surface area contributed by atoms with Crippen molar-refractivity contribution in [3.05, 3.63) is 0 Å². The van der Waals surface area contributed by atoms with Crippen molar-refractivity contribution in [2.45, 2.75) is 32.4 Å². The highest BCUT2D eigenvalue weighted by Gasteiger charge is 2.34. The topological polar surface area (TPSA) is 74.7 Å². The lowest BCUT2D eigenvalue weighted by molar-refractivity contribution is -0.133. The highest BCUT2D eigenvalue weighted by molar-refractivity contribution is 7.92. The lowest BCUT2D eigenvalue weighted by Gasteiger charge is -2.36. The Morgan fingerprint density at radius 2 is 1.83 bits per heavy atom. The first-order chi connectivity index (χ1) is 8.27. The van der Waals surface area contributed by atoms with E-state index in [9.17, 15) is 13.2 Å². The number of carbonyl (C=O) groups excluding carboxylic acids is 1. The molecule has 3 atom stereocenters. The van der Waals surface area contributed by atoms with Crippen LogP contribution in [0.15, 0.2) is 0 Å². The van der Waals surface area contributed by atoms with Crippen LogP contribution in [-0.4, -0.2) is 55.0 Å². The van der Waals surface area contributed by atoms with E-state index in [0.29, 0.717) is 24.9 Å². The summed E-state index contributed by atoms with van der Waals surface area (Å²) >= 11 is 0. The van der Waals surface area contributed by atoms with E-state index >= 15 is 0 Å². The second-order valence-corrected chi connectivity index (χ2v) is 7.86. The molecule has 0 aromatic rings. The van der Waals surface area contributed by atoms with Crippen molar-refractivity contribution in [1.29, 1.82) is 0 Å². The molecule has 1 saturated heterocycles. The summed E-state index contributed by atoms with van der Waals surface area (Å²) in [4.78, 5) is 13.8. The van der Waals surface area contributed by atoms with Crippen LogP contribution in [0.2, 0.25) is 0 Å². The molecule has 1 fully saturated rings. The van der Waals surface area contributed by atoms with Gasteiger partial charge in [0.05, 0.1) is 12.4 Å². The highest BCUT2D eigenvalue weighted by Crippen LogP contribution is 2.22. The van der Waals surface area contributed by atoms with Gasteiger partial charge in [-0.1, -0.05) is 13.8 Å². The van der Waals surface area contributed by atoms with Gasteiger partial charge in [-0.25, -0.2) is 8.42 Å². The largest absolute Gasteiger partial charge is 0.395 e. The minimum atomic E-state index is -3.54. The fraction of sp³-hybridized carbons (Fsp3) is 0.917. The molecule has 1 amide bonds. The van der Waals surface area contributed by atoms with Gasteiger partial charge in [0, 0.05) is 13.1 Å². The number of piperidine rings is 1. The van der Waals surface area contributed by atoms with E-state index in [1.807, 2.05) is 0 Å². The van der Waals surface area contributed by atoms with Crippen molar-refractivity contribution in [2.24, 2.45) is 11.8 Å². The molecule has 1 N–H and O–H groups in total. The summed E-state index contributed by atoms with van der Waals surface area (Å²) in [5, 5.41) is 7.67. The minimum Gasteiger partial charge on any atom is -0.395 e. The first-order valence-electron chi connectivity index (χ1n) is 6.39. The summed E-state index contributed by atoms with van der Waals surface area (Å²) in [5.74, 6) is 0.136. The van der Waals surface area contributed by atoms with Crippen molar-refractivity contribution >= 4 is 15.7 Å². The van der Waals surface area contributed by atoms with Crippen LogP contribution in [0.25, 0.3) is 0 Å². The molecule has 0 aromatic heterocycles. The summed E-state index contributed by atoms with van der Waals surface area (Å²) in [6, 6.07) is 0. The monoisotopic (exact) mass is 277 g/mol. The smallest absolute Gasteiger partial charge is 0.240 e. The van der Waals surface area contributed by atoms with E-state index in [-0.39, 0.29) is 11.7 Å². The third kappa shape index (κ3) is 3.68. The van der Waals surface area contributed by atoms with Crippen LogP contribution in [0.5, 0.6) is 0 Å². The van der Waals surface area contributed by atoms with Crippen LogP contribution in [0.3, 0.4) is 0 Å². The average molecular weight is 277 g/mol. The molecule has 0 aromatic carbocycles. The zero-order chi connectivity index (χ0) is 13.9. The van der Waals surface area contributed by atoms with Gasteiger partial charge in [-0.2, -0.15) is 0 Å². The van der Waals surface area contributed by atoms with Crippen LogP contribution in [0, 0.1) is 11.8 Å². The Balaban J connectivity index is 2.75. The number of rotatable bonds is 4. The standard InChI is InChI=1S/C12H23NO4S/c1-9-6-10(2)8-13(7-9)12(15)11(3)18(16,17)5-4-14/h9-11,14H,4-8H2,1-3H3/t9-,10+,11-/m0/s1. The Bertz CT molecular complexity index is 383. The van der Waals surface area contributed by atoms with E-state index < -0.39 is 21.7 Å². The Morgan fingerprint density at radius 3 is 2.28 bits per heavy atom. The van der Waals surface area contributed by atoms with Gasteiger partial charge >= 0.3 is 0 Å². The Kier molecular flexibility index (Phi) is 5.16. The van der Waals surface area contributed by atoms with Crippen LogP contribution >= 0.6 is 0 Å². The van der Waals surface area contributed by atoms with Crippen molar-refractivity contribution in [3.8, 4) is 0 Å². The molecule has 5 nitrogen and oxygen atoms in total. The van der Waals surface area contributed by atoms with Crippen LogP contribution < -0.4 is 0 Å².